The van der Waals surface area contributed by atoms with Crippen LogP contribution in [0.15, 0.2) is 65.2 Å². The molecule has 5 rings (SSSR count). The molecule has 0 saturated carbocycles. The minimum atomic E-state index is 0.425. The van der Waals surface area contributed by atoms with Crippen LogP contribution in [0.2, 0.25) is 0 Å². The molecule has 7 nitrogen and oxygen atoms in total. The first-order valence-corrected chi connectivity index (χ1v) is 12.2. The highest BCUT2D eigenvalue weighted by molar-refractivity contribution is 7.18. The van der Waals surface area contributed by atoms with Gasteiger partial charge < -0.3 is 18.6 Å². The van der Waals surface area contributed by atoms with E-state index < -0.39 is 0 Å². The summed E-state index contributed by atoms with van der Waals surface area (Å²) in [5.74, 6) is 2.43. The average molecular weight is 490 g/mol. The molecule has 0 atom stereocenters. The van der Waals surface area contributed by atoms with Gasteiger partial charge in [0.2, 0.25) is 4.96 Å². The standard InChI is InChI=1S/C27H27N3O4S/c1-16(2)17(3)9-18-7-6-8-19(10-18)15-33-23-11-20(31-4)12-24-21(23)13-25(34-24)22-14-30-26(28-22)35-27(29-30)32-5/h6-8,10-14,16H,3,9,15H2,1-2,4-5H3. The summed E-state index contributed by atoms with van der Waals surface area (Å²) < 4.78 is 24.7. The van der Waals surface area contributed by atoms with Crippen molar-refractivity contribution in [3.63, 3.8) is 0 Å². The lowest BCUT2D eigenvalue weighted by Gasteiger charge is -2.12. The molecule has 3 heterocycles. The normalized spacial score (nSPS) is 11.5. The second-order valence-electron chi connectivity index (χ2n) is 8.67. The van der Waals surface area contributed by atoms with Gasteiger partial charge in [-0.25, -0.2) is 9.50 Å². The Hall–Kier alpha value is -3.78. The minimum absolute atomic E-state index is 0.425. The molecule has 5 aromatic rings. The number of allylic oxidation sites excluding steroid dienone is 1. The lowest BCUT2D eigenvalue weighted by molar-refractivity contribution is 0.307. The maximum Gasteiger partial charge on any atom is 0.294 e. The molecule has 0 aliphatic carbocycles. The fraction of sp³-hybridized carbons (Fsp3) is 0.259. The molecular formula is C27H27N3O4S. The van der Waals surface area contributed by atoms with Crippen LogP contribution in [0.25, 0.3) is 27.4 Å². The van der Waals surface area contributed by atoms with Crippen LogP contribution in [0.1, 0.15) is 25.0 Å². The van der Waals surface area contributed by atoms with Crippen molar-refractivity contribution in [1.82, 2.24) is 14.6 Å². The number of aromatic nitrogens is 3. The van der Waals surface area contributed by atoms with Crippen molar-refractivity contribution >= 4 is 27.3 Å². The minimum Gasteiger partial charge on any atom is -0.496 e. The summed E-state index contributed by atoms with van der Waals surface area (Å²) in [6.45, 7) is 8.96. The zero-order valence-corrected chi connectivity index (χ0v) is 21.0. The Kier molecular flexibility index (Phi) is 6.21. The topological polar surface area (TPSA) is 71.0 Å². The van der Waals surface area contributed by atoms with Crippen molar-refractivity contribution in [3.8, 4) is 28.1 Å². The maximum atomic E-state index is 6.26. The first-order chi connectivity index (χ1) is 16.9. The monoisotopic (exact) mass is 489 g/mol. The molecule has 180 valence electrons. The fourth-order valence-electron chi connectivity index (χ4n) is 3.79. The van der Waals surface area contributed by atoms with Crippen molar-refractivity contribution < 1.29 is 18.6 Å². The van der Waals surface area contributed by atoms with Gasteiger partial charge in [0.25, 0.3) is 5.19 Å². The van der Waals surface area contributed by atoms with E-state index in [9.17, 15) is 0 Å². The molecule has 0 aliphatic heterocycles. The Morgan fingerprint density at radius 3 is 2.69 bits per heavy atom. The fourth-order valence-corrected chi connectivity index (χ4v) is 4.49. The Morgan fingerprint density at radius 1 is 1.11 bits per heavy atom. The number of rotatable bonds is 9. The summed E-state index contributed by atoms with van der Waals surface area (Å²) in [7, 11) is 3.22. The third kappa shape index (κ3) is 4.74. The zero-order valence-electron chi connectivity index (χ0n) is 20.2. The predicted molar refractivity (Wildman–Crippen MR) is 138 cm³/mol. The first-order valence-electron chi connectivity index (χ1n) is 11.3. The van der Waals surface area contributed by atoms with E-state index in [4.69, 9.17) is 18.6 Å². The first kappa shape index (κ1) is 23.0. The molecule has 35 heavy (non-hydrogen) atoms. The summed E-state index contributed by atoms with van der Waals surface area (Å²) in [6.07, 6.45) is 2.68. The van der Waals surface area contributed by atoms with Crippen molar-refractivity contribution in [2.75, 3.05) is 14.2 Å². The van der Waals surface area contributed by atoms with E-state index in [1.54, 1.807) is 18.7 Å². The lowest BCUT2D eigenvalue weighted by atomic mass is 9.96. The van der Waals surface area contributed by atoms with Crippen molar-refractivity contribution in [1.29, 1.82) is 0 Å². The van der Waals surface area contributed by atoms with Gasteiger partial charge in [-0.05, 0) is 40.9 Å². The number of nitrogens with zero attached hydrogens (tertiary/aromatic N) is 3. The number of imidazole rings is 1. The molecule has 0 N–H and O–H groups in total. The number of hydrogen-bond acceptors (Lipinski definition) is 7. The van der Waals surface area contributed by atoms with Gasteiger partial charge >= 0.3 is 0 Å². The largest absolute Gasteiger partial charge is 0.496 e. The average Bonchev–Trinajstić information content (AvgIpc) is 3.55. The van der Waals surface area contributed by atoms with E-state index in [0.717, 1.165) is 22.3 Å². The third-order valence-corrected chi connectivity index (χ3v) is 6.78. The van der Waals surface area contributed by atoms with Gasteiger partial charge in [0.05, 0.1) is 25.8 Å². The van der Waals surface area contributed by atoms with E-state index in [2.05, 4.69) is 54.8 Å². The highest BCUT2D eigenvalue weighted by Crippen LogP contribution is 2.37. The van der Waals surface area contributed by atoms with E-state index >= 15 is 0 Å². The van der Waals surface area contributed by atoms with Crippen molar-refractivity contribution in [3.05, 3.63) is 71.9 Å². The Labute approximate surface area is 207 Å². The van der Waals surface area contributed by atoms with Crippen LogP contribution in [0.5, 0.6) is 16.7 Å². The van der Waals surface area contributed by atoms with Crippen LogP contribution in [-0.2, 0) is 13.0 Å². The van der Waals surface area contributed by atoms with E-state index in [0.29, 0.717) is 46.3 Å². The van der Waals surface area contributed by atoms with E-state index in [1.165, 1.54) is 22.5 Å². The maximum absolute atomic E-state index is 6.26. The highest BCUT2D eigenvalue weighted by Gasteiger charge is 2.17. The van der Waals surface area contributed by atoms with Crippen molar-refractivity contribution in [2.45, 2.75) is 26.9 Å². The molecule has 0 bridgehead atoms. The zero-order chi connectivity index (χ0) is 24.5. The SMILES string of the molecule is C=C(Cc1cccc(COc2cc(OC)cc3oc(-c4cn5nc(OC)sc5n4)cc23)c1)C(C)C. The number of hydrogen-bond donors (Lipinski definition) is 0. The third-order valence-electron chi connectivity index (χ3n) is 5.89. The summed E-state index contributed by atoms with van der Waals surface area (Å²) in [4.78, 5) is 5.35. The second-order valence-corrected chi connectivity index (χ2v) is 9.59. The van der Waals surface area contributed by atoms with Gasteiger partial charge in [0.15, 0.2) is 5.76 Å². The van der Waals surface area contributed by atoms with Gasteiger partial charge in [-0.15, -0.1) is 5.10 Å². The van der Waals surface area contributed by atoms with Crippen LogP contribution >= 0.6 is 11.3 Å². The molecule has 0 unspecified atom stereocenters. The molecule has 0 radical (unpaired) electrons. The van der Waals surface area contributed by atoms with Gasteiger partial charge in [-0.1, -0.05) is 50.3 Å². The van der Waals surface area contributed by atoms with Crippen LogP contribution in [0.4, 0.5) is 0 Å². The lowest BCUT2D eigenvalue weighted by Crippen LogP contribution is -2.00. The Morgan fingerprint density at radius 2 is 1.94 bits per heavy atom. The van der Waals surface area contributed by atoms with Crippen LogP contribution in [0.3, 0.4) is 0 Å². The van der Waals surface area contributed by atoms with Crippen LogP contribution in [0, 0.1) is 5.92 Å². The molecule has 0 amide bonds. The molecule has 8 heteroatoms. The number of furan rings is 1. The number of methoxy groups -OCH3 is 2. The predicted octanol–water partition coefficient (Wildman–Crippen LogP) is 6.55. The number of benzene rings is 2. The van der Waals surface area contributed by atoms with E-state index in [-0.39, 0.29) is 0 Å². The van der Waals surface area contributed by atoms with Gasteiger partial charge in [0, 0.05) is 12.1 Å². The highest BCUT2D eigenvalue weighted by atomic mass is 32.1. The second kappa shape index (κ2) is 9.46. The van der Waals surface area contributed by atoms with Crippen molar-refractivity contribution in [2.24, 2.45) is 5.92 Å². The van der Waals surface area contributed by atoms with E-state index in [1.807, 2.05) is 24.4 Å². The molecule has 2 aromatic carbocycles. The summed E-state index contributed by atoms with van der Waals surface area (Å²) in [5.41, 5.74) is 4.89. The summed E-state index contributed by atoms with van der Waals surface area (Å²) in [5, 5.41) is 5.74. The number of fused-ring (bicyclic) bond motifs is 2. The summed E-state index contributed by atoms with van der Waals surface area (Å²) in [6, 6.07) is 14.1. The molecule has 0 saturated heterocycles. The van der Waals surface area contributed by atoms with Crippen LogP contribution in [-0.4, -0.2) is 28.8 Å². The quantitative estimate of drug-likeness (QED) is 0.219. The molecule has 0 fully saturated rings. The molecule has 0 spiro atoms. The van der Waals surface area contributed by atoms with Crippen LogP contribution < -0.4 is 14.2 Å². The molecule has 3 aromatic heterocycles. The molecular weight excluding hydrogens is 462 g/mol. The number of ether oxygens (including phenoxy) is 3. The smallest absolute Gasteiger partial charge is 0.294 e. The van der Waals surface area contributed by atoms with Gasteiger partial charge in [0.1, 0.15) is 29.4 Å². The Balaban J connectivity index is 1.42. The molecule has 0 aliphatic rings. The van der Waals surface area contributed by atoms with Gasteiger partial charge in [-0.2, -0.15) is 0 Å². The summed E-state index contributed by atoms with van der Waals surface area (Å²) >= 11 is 1.37. The Bertz CT molecular complexity index is 1480. The van der Waals surface area contributed by atoms with Gasteiger partial charge in [-0.3, -0.25) is 0 Å².